The Bertz CT molecular complexity index is 1930. The van der Waals surface area contributed by atoms with Crippen LogP contribution in [0, 0.1) is 0 Å². The van der Waals surface area contributed by atoms with Gasteiger partial charge >= 0.3 is 5.97 Å². The van der Waals surface area contributed by atoms with Crippen LogP contribution in [0.4, 0.5) is 0 Å². The van der Waals surface area contributed by atoms with Crippen molar-refractivity contribution >= 4 is 62.5 Å². The highest BCUT2D eigenvalue weighted by atomic mass is 79.9. The molecule has 1 aliphatic heterocycles. The van der Waals surface area contributed by atoms with Crippen molar-refractivity contribution in [1.82, 2.24) is 4.57 Å². The van der Waals surface area contributed by atoms with Gasteiger partial charge in [0.15, 0.2) is 4.80 Å². The predicted molar refractivity (Wildman–Crippen MR) is 178 cm³/mol. The van der Waals surface area contributed by atoms with Gasteiger partial charge in [0.1, 0.15) is 24.1 Å². The van der Waals surface area contributed by atoms with Gasteiger partial charge in [-0.25, -0.2) is 9.79 Å². The molecule has 0 N–H and O–H groups in total. The lowest BCUT2D eigenvalue weighted by Gasteiger charge is -2.27. The molecule has 1 aromatic heterocycles. The number of nitrogens with zero attached hydrogens (tertiary/aromatic N) is 2. The number of benzene rings is 3. The van der Waals surface area contributed by atoms with Crippen molar-refractivity contribution in [3.05, 3.63) is 123 Å². The Morgan fingerprint density at radius 3 is 2.66 bits per heavy atom. The number of carbonyl (C=O) groups excluding carboxylic acids is 1. The topological polar surface area (TPSA) is 79.1 Å². The molecule has 0 saturated heterocycles. The van der Waals surface area contributed by atoms with Crippen LogP contribution in [-0.4, -0.2) is 24.3 Å². The van der Waals surface area contributed by atoms with E-state index in [-0.39, 0.29) is 18.8 Å². The molecule has 1 atom stereocenters. The van der Waals surface area contributed by atoms with Crippen molar-refractivity contribution in [1.29, 1.82) is 0 Å². The van der Waals surface area contributed by atoms with E-state index in [0.717, 1.165) is 22.0 Å². The van der Waals surface area contributed by atoms with E-state index < -0.39 is 12.0 Å². The molecule has 228 valence electrons. The van der Waals surface area contributed by atoms with Gasteiger partial charge in [0.05, 0.1) is 29.5 Å². The maximum absolute atomic E-state index is 14.1. The minimum atomic E-state index is -0.791. The van der Waals surface area contributed by atoms with E-state index >= 15 is 0 Å². The van der Waals surface area contributed by atoms with Gasteiger partial charge < -0.3 is 14.2 Å². The van der Waals surface area contributed by atoms with Crippen molar-refractivity contribution in [2.45, 2.75) is 39.3 Å². The fraction of sp³-hybridized carbons (Fsp3) is 0.242. The second-order valence-corrected chi connectivity index (χ2v) is 12.7. The molecule has 0 saturated carbocycles. The Hall–Kier alpha value is -3.37. The highest BCUT2D eigenvalue weighted by Gasteiger charge is 2.36. The number of esters is 1. The van der Waals surface area contributed by atoms with E-state index in [0.29, 0.717) is 54.1 Å². The lowest BCUT2D eigenvalue weighted by atomic mass is 9.93. The quantitative estimate of drug-likeness (QED) is 0.162. The van der Waals surface area contributed by atoms with Gasteiger partial charge in [-0.3, -0.25) is 9.36 Å². The maximum atomic E-state index is 14.1. The standard InChI is InChI=1S/C33H29BrCl2N2O5S/c1-4-7-26-29(32(40)42-5-2)30(24-16-21(34)11-13-27(24)41-3)38-31(39)28(44-33(38)37-26)15-19-8-6-9-23(14-19)43-18-20-10-12-22(35)17-25(20)36/h6,8-17,30H,4-5,7,18H2,1-3H3/b28-15+/t30-/m1/s1. The molecule has 3 aromatic carbocycles. The van der Waals surface area contributed by atoms with Crippen LogP contribution >= 0.6 is 50.5 Å². The number of hydrogen-bond acceptors (Lipinski definition) is 7. The number of hydrogen-bond donors (Lipinski definition) is 0. The first-order valence-corrected chi connectivity index (χ1v) is 16.3. The van der Waals surface area contributed by atoms with Crippen LogP contribution in [-0.2, 0) is 16.1 Å². The van der Waals surface area contributed by atoms with Crippen molar-refractivity contribution in [3.8, 4) is 11.5 Å². The van der Waals surface area contributed by atoms with Crippen LogP contribution in [0.1, 0.15) is 49.4 Å². The first-order valence-electron chi connectivity index (χ1n) is 14.0. The highest BCUT2D eigenvalue weighted by molar-refractivity contribution is 9.10. The normalized spacial score (nSPS) is 14.7. The maximum Gasteiger partial charge on any atom is 0.338 e. The third-order valence-electron chi connectivity index (χ3n) is 6.94. The number of halogens is 3. The molecule has 0 radical (unpaired) electrons. The predicted octanol–water partition coefficient (Wildman–Crippen LogP) is 7.24. The smallest absolute Gasteiger partial charge is 0.338 e. The molecular weight excluding hydrogens is 687 g/mol. The summed E-state index contributed by atoms with van der Waals surface area (Å²) in [6.07, 6.45) is 3.10. The van der Waals surface area contributed by atoms with Crippen LogP contribution in [0.15, 0.2) is 86.2 Å². The lowest BCUT2D eigenvalue weighted by Crippen LogP contribution is -2.40. The Balaban J connectivity index is 1.61. The monoisotopic (exact) mass is 714 g/mol. The molecule has 4 aromatic rings. The number of fused-ring (bicyclic) bond motifs is 1. The molecule has 7 nitrogen and oxygen atoms in total. The summed E-state index contributed by atoms with van der Waals surface area (Å²) in [5.41, 5.74) is 2.88. The summed E-state index contributed by atoms with van der Waals surface area (Å²) < 4.78 is 20.0. The number of carbonyl (C=O) groups is 1. The van der Waals surface area contributed by atoms with Crippen molar-refractivity contribution < 1.29 is 19.0 Å². The Labute approximate surface area is 277 Å². The van der Waals surface area contributed by atoms with E-state index in [4.69, 9.17) is 42.4 Å². The van der Waals surface area contributed by atoms with Crippen molar-refractivity contribution in [2.24, 2.45) is 4.99 Å². The second kappa shape index (κ2) is 14.2. The molecule has 1 aliphatic rings. The molecular formula is C33H29BrCl2N2O5S. The Kier molecular flexibility index (Phi) is 10.3. The fourth-order valence-corrected chi connectivity index (χ4v) is 6.84. The van der Waals surface area contributed by atoms with Gasteiger partial charge in [-0.15, -0.1) is 0 Å². The molecule has 44 heavy (non-hydrogen) atoms. The molecule has 0 aliphatic carbocycles. The summed E-state index contributed by atoms with van der Waals surface area (Å²) in [7, 11) is 1.56. The zero-order valence-electron chi connectivity index (χ0n) is 24.2. The third kappa shape index (κ3) is 6.81. The summed E-state index contributed by atoms with van der Waals surface area (Å²) in [6, 6.07) is 17.4. The molecule has 0 bridgehead atoms. The summed E-state index contributed by atoms with van der Waals surface area (Å²) in [5.74, 6) is 0.647. The second-order valence-electron chi connectivity index (χ2n) is 9.90. The van der Waals surface area contributed by atoms with Crippen molar-refractivity contribution in [2.75, 3.05) is 13.7 Å². The SMILES string of the molecule is CCCC1=C(C(=O)OCC)[C@@H](c2cc(Br)ccc2OC)n2c(s/c(=C/c3cccc(OCc4ccc(Cl)cc4Cl)c3)c2=O)=N1. The third-order valence-corrected chi connectivity index (χ3v) is 9.01. The molecule has 11 heteroatoms. The number of allylic oxidation sites excluding steroid dienone is 1. The van der Waals surface area contributed by atoms with Gasteiger partial charge in [-0.05, 0) is 67.4 Å². The zero-order chi connectivity index (χ0) is 31.4. The van der Waals surface area contributed by atoms with Crippen LogP contribution in [0.2, 0.25) is 10.0 Å². The summed E-state index contributed by atoms with van der Waals surface area (Å²) in [5, 5.41) is 1.08. The van der Waals surface area contributed by atoms with Crippen molar-refractivity contribution in [3.63, 3.8) is 0 Å². The Morgan fingerprint density at radius 1 is 1.11 bits per heavy atom. The van der Waals surface area contributed by atoms with Crippen LogP contribution in [0.3, 0.4) is 0 Å². The fourth-order valence-electron chi connectivity index (χ4n) is 4.98. The Morgan fingerprint density at radius 2 is 1.93 bits per heavy atom. The molecule has 0 amide bonds. The zero-order valence-corrected chi connectivity index (χ0v) is 28.1. The molecule has 2 heterocycles. The van der Waals surface area contributed by atoms with Crippen LogP contribution in [0.25, 0.3) is 6.08 Å². The minimum absolute atomic E-state index is 0.192. The number of methoxy groups -OCH3 is 1. The average Bonchev–Trinajstić information content (AvgIpc) is 3.30. The molecule has 0 unspecified atom stereocenters. The van der Waals surface area contributed by atoms with Crippen LogP contribution < -0.4 is 24.4 Å². The van der Waals surface area contributed by atoms with E-state index in [1.54, 1.807) is 42.9 Å². The number of rotatable bonds is 10. The van der Waals surface area contributed by atoms with E-state index in [1.807, 2.05) is 49.4 Å². The van der Waals surface area contributed by atoms with Gasteiger partial charge in [0, 0.05) is 25.6 Å². The lowest BCUT2D eigenvalue weighted by molar-refractivity contribution is -0.139. The highest BCUT2D eigenvalue weighted by Crippen LogP contribution is 2.38. The summed E-state index contributed by atoms with van der Waals surface area (Å²) in [4.78, 5) is 32.9. The van der Waals surface area contributed by atoms with E-state index in [2.05, 4.69) is 15.9 Å². The van der Waals surface area contributed by atoms with Crippen LogP contribution in [0.5, 0.6) is 11.5 Å². The van der Waals surface area contributed by atoms with Gasteiger partial charge in [0.25, 0.3) is 5.56 Å². The average molecular weight is 716 g/mol. The van der Waals surface area contributed by atoms with Gasteiger partial charge in [0.2, 0.25) is 0 Å². The molecule has 5 rings (SSSR count). The molecule has 0 fully saturated rings. The van der Waals surface area contributed by atoms with Gasteiger partial charge in [-0.1, -0.05) is 82.0 Å². The van der Waals surface area contributed by atoms with E-state index in [9.17, 15) is 9.59 Å². The summed E-state index contributed by atoms with van der Waals surface area (Å²) in [6.45, 7) is 4.22. The number of thiazole rings is 1. The van der Waals surface area contributed by atoms with E-state index in [1.165, 1.54) is 11.3 Å². The minimum Gasteiger partial charge on any atom is -0.496 e. The largest absolute Gasteiger partial charge is 0.496 e. The van der Waals surface area contributed by atoms with Gasteiger partial charge in [-0.2, -0.15) is 0 Å². The summed E-state index contributed by atoms with van der Waals surface area (Å²) >= 11 is 17.1. The first kappa shape index (κ1) is 32.0. The number of ether oxygens (including phenoxy) is 3. The number of aromatic nitrogens is 1. The molecule has 0 spiro atoms. The first-order chi connectivity index (χ1) is 21.2.